The monoisotopic (exact) mass is 174 g/mol. The first kappa shape index (κ1) is 8.49. The molecule has 0 N–H and O–H groups in total. The van der Waals surface area contributed by atoms with Crippen molar-refractivity contribution in [2.75, 3.05) is 0 Å². The van der Waals surface area contributed by atoms with Crippen LogP contribution >= 0.6 is 0 Å². The Labute approximate surface area is 78.8 Å². The summed E-state index contributed by atoms with van der Waals surface area (Å²) in [6.07, 6.45) is 2.67. The number of hydrogen-bond acceptors (Lipinski definition) is 1. The largest absolute Gasteiger partial charge is 0.299 e. The van der Waals surface area contributed by atoms with E-state index in [9.17, 15) is 4.79 Å². The van der Waals surface area contributed by atoms with Gasteiger partial charge >= 0.3 is 0 Å². The fourth-order valence-electron chi connectivity index (χ4n) is 1.97. The van der Waals surface area contributed by atoms with Crippen LogP contribution in [-0.2, 0) is 11.2 Å². The third-order valence-electron chi connectivity index (χ3n) is 2.74. The van der Waals surface area contributed by atoms with E-state index >= 15 is 0 Å². The third kappa shape index (κ3) is 1.39. The highest BCUT2D eigenvalue weighted by Crippen LogP contribution is 2.36. The van der Waals surface area contributed by atoms with Gasteiger partial charge in [-0.05, 0) is 24.0 Å². The van der Waals surface area contributed by atoms with Gasteiger partial charge in [0.2, 0.25) is 0 Å². The first-order chi connectivity index (χ1) is 6.33. The highest BCUT2D eigenvalue weighted by molar-refractivity contribution is 5.88. The Morgan fingerprint density at radius 2 is 2.23 bits per heavy atom. The Morgan fingerprint density at radius 1 is 1.46 bits per heavy atom. The zero-order chi connectivity index (χ0) is 9.26. The van der Waals surface area contributed by atoms with E-state index in [0.29, 0.717) is 5.78 Å². The molecule has 0 bridgehead atoms. The number of benzene rings is 1. The highest BCUT2D eigenvalue weighted by Gasteiger charge is 2.30. The zero-order valence-electron chi connectivity index (χ0n) is 7.92. The van der Waals surface area contributed by atoms with Crippen molar-refractivity contribution < 1.29 is 4.79 Å². The van der Waals surface area contributed by atoms with Gasteiger partial charge in [-0.1, -0.05) is 31.2 Å². The van der Waals surface area contributed by atoms with Crippen LogP contribution in [0.4, 0.5) is 0 Å². The highest BCUT2D eigenvalue weighted by atomic mass is 16.1. The minimum atomic E-state index is 0.219. The molecule has 1 heteroatoms. The maximum Gasteiger partial charge on any atom is 0.140 e. The van der Waals surface area contributed by atoms with E-state index in [4.69, 9.17) is 0 Å². The number of carbonyl (C=O) groups is 1. The number of fused-ring (bicyclic) bond motifs is 1. The summed E-state index contributed by atoms with van der Waals surface area (Å²) in [5.74, 6) is 0.636. The van der Waals surface area contributed by atoms with Crippen LogP contribution in [0, 0.1) is 0 Å². The number of Topliss-reactive ketones (excluding diaryl/α,β-unsaturated/α-hetero) is 1. The van der Waals surface area contributed by atoms with Gasteiger partial charge in [0.1, 0.15) is 5.78 Å². The lowest BCUT2D eigenvalue weighted by Gasteiger charge is -2.28. The second-order valence-corrected chi connectivity index (χ2v) is 3.67. The second-order valence-electron chi connectivity index (χ2n) is 3.67. The van der Waals surface area contributed by atoms with Crippen molar-refractivity contribution in [3.8, 4) is 0 Å². The summed E-state index contributed by atoms with van der Waals surface area (Å²) in [7, 11) is 0. The number of rotatable bonds is 3. The van der Waals surface area contributed by atoms with Crippen molar-refractivity contribution in [1.82, 2.24) is 0 Å². The number of ketones is 1. The minimum Gasteiger partial charge on any atom is -0.299 e. The van der Waals surface area contributed by atoms with E-state index < -0.39 is 0 Å². The molecule has 0 spiro atoms. The smallest absolute Gasteiger partial charge is 0.140 e. The van der Waals surface area contributed by atoms with E-state index in [2.05, 4.69) is 19.1 Å². The summed E-state index contributed by atoms with van der Waals surface area (Å²) in [6, 6.07) is 8.26. The molecular weight excluding hydrogens is 160 g/mol. The van der Waals surface area contributed by atoms with Crippen LogP contribution in [0.2, 0.25) is 0 Å². The summed E-state index contributed by atoms with van der Waals surface area (Å²) < 4.78 is 0. The first-order valence-corrected chi connectivity index (χ1v) is 4.93. The molecular formula is C12H14O. The average molecular weight is 174 g/mol. The third-order valence-corrected chi connectivity index (χ3v) is 2.74. The first-order valence-electron chi connectivity index (χ1n) is 4.93. The van der Waals surface area contributed by atoms with Crippen LogP contribution in [0.5, 0.6) is 0 Å². The Morgan fingerprint density at radius 3 is 2.92 bits per heavy atom. The standard InChI is InChI=1S/C12H14O/c1-2-5-12(13)11-8-9-6-3-4-7-10(9)11/h3-4,6-7,11H,2,5,8H2,1H3. The van der Waals surface area contributed by atoms with Crippen LogP contribution in [0.15, 0.2) is 24.3 Å². The molecule has 1 atom stereocenters. The van der Waals surface area contributed by atoms with Gasteiger partial charge in [0.25, 0.3) is 0 Å². The SMILES string of the molecule is CCCC(=O)C1Cc2ccccc21. The molecule has 1 aromatic carbocycles. The van der Waals surface area contributed by atoms with Gasteiger partial charge < -0.3 is 0 Å². The molecule has 1 nitrogen and oxygen atoms in total. The number of hydrogen-bond donors (Lipinski definition) is 0. The second kappa shape index (κ2) is 3.33. The van der Waals surface area contributed by atoms with Crippen molar-refractivity contribution in [3.05, 3.63) is 35.4 Å². The molecule has 0 saturated heterocycles. The summed E-state index contributed by atoms with van der Waals surface area (Å²) in [6.45, 7) is 2.06. The molecule has 0 saturated carbocycles. The van der Waals surface area contributed by atoms with E-state index in [0.717, 1.165) is 19.3 Å². The van der Waals surface area contributed by atoms with Gasteiger partial charge in [0.15, 0.2) is 0 Å². The lowest BCUT2D eigenvalue weighted by Crippen LogP contribution is -2.24. The molecule has 1 unspecified atom stereocenters. The van der Waals surface area contributed by atoms with Crippen LogP contribution in [0.1, 0.15) is 36.8 Å². The van der Waals surface area contributed by atoms with Gasteiger partial charge in [-0.2, -0.15) is 0 Å². The lowest BCUT2D eigenvalue weighted by atomic mass is 9.74. The fourth-order valence-corrected chi connectivity index (χ4v) is 1.97. The van der Waals surface area contributed by atoms with Crippen molar-refractivity contribution in [2.45, 2.75) is 32.1 Å². The van der Waals surface area contributed by atoms with Crippen LogP contribution in [0.25, 0.3) is 0 Å². The van der Waals surface area contributed by atoms with Crippen LogP contribution in [-0.4, -0.2) is 5.78 Å². The molecule has 1 aromatic rings. The van der Waals surface area contributed by atoms with Crippen LogP contribution in [0.3, 0.4) is 0 Å². The molecule has 0 radical (unpaired) electrons. The number of carbonyl (C=O) groups excluding carboxylic acids is 1. The van der Waals surface area contributed by atoms with E-state index in [1.807, 2.05) is 12.1 Å². The Kier molecular flexibility index (Phi) is 2.17. The summed E-state index contributed by atoms with van der Waals surface area (Å²) >= 11 is 0. The average Bonchev–Trinajstić information content (AvgIpc) is 2.07. The van der Waals surface area contributed by atoms with Gasteiger partial charge in [-0.25, -0.2) is 0 Å². The minimum absolute atomic E-state index is 0.219. The van der Waals surface area contributed by atoms with Crippen molar-refractivity contribution in [1.29, 1.82) is 0 Å². The fraction of sp³-hybridized carbons (Fsp3) is 0.417. The van der Waals surface area contributed by atoms with Crippen molar-refractivity contribution in [3.63, 3.8) is 0 Å². The molecule has 13 heavy (non-hydrogen) atoms. The Hall–Kier alpha value is -1.11. The Bertz CT molecular complexity index is 328. The molecule has 0 heterocycles. The van der Waals surface area contributed by atoms with Gasteiger partial charge in [0.05, 0.1) is 0 Å². The Balaban J connectivity index is 2.13. The maximum atomic E-state index is 11.6. The molecule has 1 aliphatic carbocycles. The summed E-state index contributed by atoms with van der Waals surface area (Å²) in [5, 5.41) is 0. The molecule has 0 amide bonds. The lowest BCUT2D eigenvalue weighted by molar-refractivity contribution is -0.121. The van der Waals surface area contributed by atoms with E-state index in [1.165, 1.54) is 11.1 Å². The summed E-state index contributed by atoms with van der Waals surface area (Å²) in [4.78, 5) is 11.6. The summed E-state index contributed by atoms with van der Waals surface area (Å²) in [5.41, 5.74) is 2.62. The molecule has 0 fully saturated rings. The van der Waals surface area contributed by atoms with E-state index in [-0.39, 0.29) is 5.92 Å². The van der Waals surface area contributed by atoms with Gasteiger partial charge in [-0.3, -0.25) is 4.79 Å². The van der Waals surface area contributed by atoms with Crippen molar-refractivity contribution >= 4 is 5.78 Å². The van der Waals surface area contributed by atoms with E-state index in [1.54, 1.807) is 0 Å². The topological polar surface area (TPSA) is 17.1 Å². The van der Waals surface area contributed by atoms with Crippen LogP contribution < -0.4 is 0 Å². The normalized spacial score (nSPS) is 19.0. The van der Waals surface area contributed by atoms with Crippen molar-refractivity contribution in [2.24, 2.45) is 0 Å². The molecule has 0 aliphatic heterocycles. The quantitative estimate of drug-likeness (QED) is 0.688. The predicted molar refractivity (Wildman–Crippen MR) is 52.8 cm³/mol. The molecule has 68 valence electrons. The molecule has 1 aliphatic rings. The predicted octanol–water partition coefficient (Wildman–Crippen LogP) is 2.70. The molecule has 2 rings (SSSR count). The van der Waals surface area contributed by atoms with Gasteiger partial charge in [-0.15, -0.1) is 0 Å². The zero-order valence-corrected chi connectivity index (χ0v) is 7.92. The maximum absolute atomic E-state index is 11.6. The van der Waals surface area contributed by atoms with Gasteiger partial charge in [0, 0.05) is 12.3 Å². The molecule has 0 aromatic heterocycles.